The number of hydrogen-bond acceptors (Lipinski definition) is 6. The van der Waals surface area contributed by atoms with Crippen LogP contribution in [-0.2, 0) is 26.4 Å². The molecule has 3 heterocycles. The third-order valence-electron chi connectivity index (χ3n) is 5.34. The van der Waals surface area contributed by atoms with Gasteiger partial charge >= 0.3 is 6.03 Å². The van der Waals surface area contributed by atoms with Crippen molar-refractivity contribution >= 4 is 23.5 Å². The molecule has 2 aliphatic rings. The van der Waals surface area contributed by atoms with Gasteiger partial charge in [0.2, 0.25) is 5.91 Å². The van der Waals surface area contributed by atoms with E-state index < -0.39 is 23.4 Å². The van der Waals surface area contributed by atoms with E-state index >= 15 is 0 Å². The molecule has 4 amide bonds. The van der Waals surface area contributed by atoms with Gasteiger partial charge in [0.15, 0.2) is 5.54 Å². The summed E-state index contributed by atoms with van der Waals surface area (Å²) in [6.07, 6.45) is 1.43. The SMILES string of the molecule is CC1(c2ccco2)NC(=O)N(CC(=O)Nc2ccc(CN3CCOCC3)cc2)C1=O. The maximum absolute atomic E-state index is 12.7. The zero-order valence-electron chi connectivity index (χ0n) is 16.7. The zero-order chi connectivity index (χ0) is 21.1. The van der Waals surface area contributed by atoms with Crippen LogP contribution in [-0.4, -0.2) is 60.5 Å². The lowest BCUT2D eigenvalue weighted by atomic mass is 9.99. The van der Waals surface area contributed by atoms with Crippen molar-refractivity contribution in [2.45, 2.75) is 19.0 Å². The lowest BCUT2D eigenvalue weighted by Crippen LogP contribution is -2.41. The summed E-state index contributed by atoms with van der Waals surface area (Å²) in [6, 6.07) is 10.1. The molecule has 2 aliphatic heterocycles. The molecule has 0 aliphatic carbocycles. The molecule has 30 heavy (non-hydrogen) atoms. The number of ether oxygens (including phenoxy) is 1. The van der Waals surface area contributed by atoms with Gasteiger partial charge in [-0.15, -0.1) is 0 Å². The molecule has 2 aromatic rings. The lowest BCUT2D eigenvalue weighted by molar-refractivity contribution is -0.134. The number of hydrogen-bond donors (Lipinski definition) is 2. The summed E-state index contributed by atoms with van der Waals surface area (Å²) >= 11 is 0. The van der Waals surface area contributed by atoms with Gasteiger partial charge in [-0.05, 0) is 36.8 Å². The predicted octanol–water partition coefficient (Wildman–Crippen LogP) is 1.52. The summed E-state index contributed by atoms with van der Waals surface area (Å²) in [5, 5.41) is 5.33. The molecule has 4 rings (SSSR count). The number of amides is 4. The number of carbonyl (C=O) groups is 3. The summed E-state index contributed by atoms with van der Waals surface area (Å²) in [6.45, 7) is 5.30. The standard InChI is InChI=1S/C21H24N4O5/c1-21(17-3-2-10-30-17)19(27)25(20(28)23-21)14-18(26)22-16-6-4-15(5-7-16)13-24-8-11-29-12-9-24/h2-7,10H,8-9,11-14H2,1H3,(H,22,26)(H,23,28). The molecule has 1 aromatic carbocycles. The molecule has 2 saturated heterocycles. The van der Waals surface area contributed by atoms with Gasteiger partial charge in [-0.3, -0.25) is 19.4 Å². The molecule has 9 nitrogen and oxygen atoms in total. The highest BCUT2D eigenvalue weighted by molar-refractivity contribution is 6.10. The molecule has 0 bridgehead atoms. The van der Waals surface area contributed by atoms with Crippen LogP contribution in [0.5, 0.6) is 0 Å². The van der Waals surface area contributed by atoms with E-state index in [9.17, 15) is 14.4 Å². The Morgan fingerprint density at radius 3 is 2.57 bits per heavy atom. The molecule has 2 fully saturated rings. The first-order valence-electron chi connectivity index (χ1n) is 9.83. The van der Waals surface area contributed by atoms with E-state index in [1.165, 1.54) is 6.26 Å². The van der Waals surface area contributed by atoms with E-state index in [0.29, 0.717) is 11.4 Å². The van der Waals surface area contributed by atoms with Gasteiger partial charge in [-0.1, -0.05) is 12.1 Å². The number of anilines is 1. The van der Waals surface area contributed by atoms with Crippen LogP contribution in [0.15, 0.2) is 47.1 Å². The molecule has 0 saturated carbocycles. The van der Waals surface area contributed by atoms with Gasteiger partial charge in [-0.2, -0.15) is 0 Å². The molecule has 0 spiro atoms. The van der Waals surface area contributed by atoms with Gasteiger partial charge in [0.1, 0.15) is 12.3 Å². The van der Waals surface area contributed by atoms with Crippen LogP contribution >= 0.6 is 0 Å². The Bertz CT molecular complexity index is 921. The highest BCUT2D eigenvalue weighted by atomic mass is 16.5. The smallest absolute Gasteiger partial charge is 0.325 e. The first kappa shape index (κ1) is 20.1. The van der Waals surface area contributed by atoms with Gasteiger partial charge in [0.25, 0.3) is 5.91 Å². The van der Waals surface area contributed by atoms with Crippen LogP contribution < -0.4 is 10.6 Å². The van der Waals surface area contributed by atoms with Crippen molar-refractivity contribution in [3.05, 3.63) is 54.0 Å². The molecule has 1 atom stereocenters. The predicted molar refractivity (Wildman–Crippen MR) is 107 cm³/mol. The van der Waals surface area contributed by atoms with Crippen LogP contribution in [0.25, 0.3) is 0 Å². The minimum absolute atomic E-state index is 0.319. The van der Waals surface area contributed by atoms with Crippen LogP contribution in [0.2, 0.25) is 0 Å². The maximum atomic E-state index is 12.7. The van der Waals surface area contributed by atoms with E-state index in [0.717, 1.165) is 43.3 Å². The van der Waals surface area contributed by atoms with Crippen molar-refractivity contribution in [1.29, 1.82) is 0 Å². The number of rotatable bonds is 6. The van der Waals surface area contributed by atoms with Crippen molar-refractivity contribution < 1.29 is 23.5 Å². The monoisotopic (exact) mass is 412 g/mol. The fourth-order valence-electron chi connectivity index (χ4n) is 3.63. The summed E-state index contributed by atoms with van der Waals surface area (Å²) in [7, 11) is 0. The summed E-state index contributed by atoms with van der Waals surface area (Å²) in [5.74, 6) is -0.666. The number of morpholine rings is 1. The van der Waals surface area contributed by atoms with Gasteiger partial charge < -0.3 is 19.8 Å². The van der Waals surface area contributed by atoms with Crippen LogP contribution in [0.1, 0.15) is 18.2 Å². The van der Waals surface area contributed by atoms with Crippen molar-refractivity contribution in [1.82, 2.24) is 15.1 Å². The van der Waals surface area contributed by atoms with Crippen LogP contribution in [0.4, 0.5) is 10.5 Å². The minimum atomic E-state index is -1.32. The average Bonchev–Trinajstić information content (AvgIpc) is 3.35. The fourth-order valence-corrected chi connectivity index (χ4v) is 3.63. The number of nitrogens with zero attached hydrogens (tertiary/aromatic N) is 2. The fraction of sp³-hybridized carbons (Fsp3) is 0.381. The Morgan fingerprint density at radius 2 is 1.90 bits per heavy atom. The van der Waals surface area contributed by atoms with E-state index in [4.69, 9.17) is 9.15 Å². The number of carbonyl (C=O) groups excluding carboxylic acids is 3. The molecule has 158 valence electrons. The molecule has 1 unspecified atom stereocenters. The van der Waals surface area contributed by atoms with E-state index in [1.807, 2.05) is 24.3 Å². The van der Waals surface area contributed by atoms with Crippen molar-refractivity contribution in [3.8, 4) is 0 Å². The average molecular weight is 412 g/mol. The van der Waals surface area contributed by atoms with Crippen LogP contribution in [0, 0.1) is 0 Å². The summed E-state index contributed by atoms with van der Waals surface area (Å²) < 4.78 is 10.6. The van der Waals surface area contributed by atoms with Gasteiger partial charge in [0, 0.05) is 25.3 Å². The number of imide groups is 1. The number of urea groups is 1. The Labute approximate surface area is 174 Å². The summed E-state index contributed by atoms with van der Waals surface area (Å²) in [5.41, 5.74) is 0.423. The second kappa shape index (κ2) is 8.29. The Balaban J connectivity index is 1.34. The topological polar surface area (TPSA) is 104 Å². The maximum Gasteiger partial charge on any atom is 0.325 e. The first-order valence-corrected chi connectivity index (χ1v) is 9.83. The highest BCUT2D eigenvalue weighted by Gasteiger charge is 2.51. The Kier molecular flexibility index (Phi) is 5.56. The number of nitrogens with one attached hydrogen (secondary N) is 2. The second-order valence-corrected chi connectivity index (χ2v) is 7.56. The quantitative estimate of drug-likeness (QED) is 0.697. The lowest BCUT2D eigenvalue weighted by Gasteiger charge is -2.26. The summed E-state index contributed by atoms with van der Waals surface area (Å²) in [4.78, 5) is 40.7. The zero-order valence-corrected chi connectivity index (χ0v) is 16.7. The number of benzene rings is 1. The minimum Gasteiger partial charge on any atom is -0.466 e. The first-order chi connectivity index (χ1) is 14.5. The highest BCUT2D eigenvalue weighted by Crippen LogP contribution is 2.29. The number of furan rings is 1. The van der Waals surface area contributed by atoms with Crippen molar-refractivity contribution in [2.24, 2.45) is 0 Å². The third kappa shape index (κ3) is 4.07. The van der Waals surface area contributed by atoms with Crippen LogP contribution in [0.3, 0.4) is 0 Å². The van der Waals surface area contributed by atoms with Gasteiger partial charge in [0.05, 0.1) is 19.5 Å². The molecule has 9 heteroatoms. The molecular weight excluding hydrogens is 388 g/mol. The van der Waals surface area contributed by atoms with Gasteiger partial charge in [-0.25, -0.2) is 4.79 Å². The Morgan fingerprint density at radius 1 is 1.17 bits per heavy atom. The molecule has 0 radical (unpaired) electrons. The molecule has 1 aromatic heterocycles. The normalized spacial score (nSPS) is 22.2. The van der Waals surface area contributed by atoms with Crippen molar-refractivity contribution in [3.63, 3.8) is 0 Å². The molecule has 2 N–H and O–H groups in total. The van der Waals surface area contributed by atoms with E-state index in [1.54, 1.807) is 19.1 Å². The van der Waals surface area contributed by atoms with Crippen molar-refractivity contribution in [2.75, 3.05) is 38.2 Å². The third-order valence-corrected chi connectivity index (χ3v) is 5.34. The largest absolute Gasteiger partial charge is 0.466 e. The van der Waals surface area contributed by atoms with E-state index in [2.05, 4.69) is 15.5 Å². The molecular formula is C21H24N4O5. The second-order valence-electron chi connectivity index (χ2n) is 7.56. The Hall–Kier alpha value is -3.17. The van der Waals surface area contributed by atoms with E-state index in [-0.39, 0.29) is 6.54 Å².